The maximum absolute atomic E-state index is 12.5. The number of aliphatic hydroxyl groups excluding tert-OH is 2. The van der Waals surface area contributed by atoms with Gasteiger partial charge in [-0.05, 0) is 83.5 Å². The van der Waals surface area contributed by atoms with Crippen LogP contribution < -0.4 is 5.32 Å². The Kier molecular flexibility index (Phi) is 66.9. The first-order valence-electron chi connectivity index (χ1n) is 35.8. The van der Waals surface area contributed by atoms with Crippen molar-refractivity contribution >= 4 is 11.9 Å². The lowest BCUT2D eigenvalue weighted by molar-refractivity contribution is -0.143. The number of aliphatic hydroxyl groups is 2. The number of carbonyl (C=O) groups is 2. The molecule has 0 aliphatic heterocycles. The van der Waals surface area contributed by atoms with E-state index in [1.807, 2.05) is 6.08 Å². The van der Waals surface area contributed by atoms with Crippen LogP contribution in [0.4, 0.5) is 0 Å². The molecule has 0 heterocycles. The van der Waals surface area contributed by atoms with Crippen molar-refractivity contribution in [3.63, 3.8) is 0 Å². The van der Waals surface area contributed by atoms with Gasteiger partial charge in [-0.3, -0.25) is 9.59 Å². The highest BCUT2D eigenvalue weighted by Crippen LogP contribution is 2.18. The first kappa shape index (κ1) is 77.1. The quantitative estimate of drug-likeness (QED) is 0.0320. The Morgan fingerprint density at radius 3 is 0.899 bits per heavy atom. The fraction of sp³-hybridized carbons (Fsp3) is 0.890. The minimum atomic E-state index is -0.848. The van der Waals surface area contributed by atoms with E-state index < -0.39 is 12.1 Å². The number of hydrogen-bond donors (Lipinski definition) is 3. The SMILES string of the molecule is CCCCCCCC/C=C\CCCCCCCCCCCC(=O)OCCCCCCCCCCCCCC/C=C\CCCCCCCCCCC(=O)NC(CO)C(O)/C=C/CCCCCCCCCCCCCCCCCCC. The molecule has 0 aliphatic carbocycles. The number of rotatable bonds is 67. The molecule has 0 aromatic carbocycles. The zero-order valence-corrected chi connectivity index (χ0v) is 53.4. The Hall–Kier alpha value is -1.92. The average Bonchev–Trinajstić information content (AvgIpc) is 3.45. The van der Waals surface area contributed by atoms with Gasteiger partial charge in [0.15, 0.2) is 0 Å². The molecule has 0 bridgehead atoms. The van der Waals surface area contributed by atoms with Gasteiger partial charge in [-0.25, -0.2) is 0 Å². The minimum Gasteiger partial charge on any atom is -0.466 e. The van der Waals surface area contributed by atoms with Gasteiger partial charge in [-0.15, -0.1) is 0 Å². The van der Waals surface area contributed by atoms with Gasteiger partial charge >= 0.3 is 5.97 Å². The molecule has 0 saturated heterocycles. The molecule has 3 N–H and O–H groups in total. The van der Waals surface area contributed by atoms with E-state index in [1.165, 1.54) is 321 Å². The largest absolute Gasteiger partial charge is 0.466 e. The fourth-order valence-corrected chi connectivity index (χ4v) is 11.2. The third-order valence-corrected chi connectivity index (χ3v) is 16.6. The van der Waals surface area contributed by atoms with Crippen LogP contribution in [0.3, 0.4) is 0 Å². The van der Waals surface area contributed by atoms with Gasteiger partial charge in [-0.1, -0.05) is 333 Å². The summed E-state index contributed by atoms with van der Waals surface area (Å²) in [6, 6.07) is -0.632. The summed E-state index contributed by atoms with van der Waals surface area (Å²) in [5.41, 5.74) is 0. The summed E-state index contributed by atoms with van der Waals surface area (Å²) in [5.74, 6) is -0.0572. The van der Waals surface area contributed by atoms with Crippen LogP contribution in [0.15, 0.2) is 36.5 Å². The van der Waals surface area contributed by atoms with Crippen molar-refractivity contribution in [3.05, 3.63) is 36.5 Å². The van der Waals surface area contributed by atoms with Crippen molar-refractivity contribution < 1.29 is 24.5 Å². The van der Waals surface area contributed by atoms with Crippen LogP contribution in [-0.2, 0) is 14.3 Å². The smallest absolute Gasteiger partial charge is 0.305 e. The lowest BCUT2D eigenvalue weighted by atomic mass is 10.0. The molecule has 0 spiro atoms. The highest BCUT2D eigenvalue weighted by atomic mass is 16.5. The molecule has 2 unspecified atom stereocenters. The summed E-state index contributed by atoms with van der Waals surface area (Å²) in [7, 11) is 0. The first-order chi connectivity index (χ1) is 39.0. The molecular weight excluding hydrogens is 971 g/mol. The topological polar surface area (TPSA) is 95.9 Å². The highest BCUT2D eigenvalue weighted by molar-refractivity contribution is 5.76. The van der Waals surface area contributed by atoms with Gasteiger partial charge in [0.25, 0.3) is 0 Å². The number of unbranched alkanes of at least 4 members (excludes halogenated alkanes) is 52. The Balaban J connectivity index is 3.41. The van der Waals surface area contributed by atoms with Gasteiger partial charge < -0.3 is 20.3 Å². The van der Waals surface area contributed by atoms with E-state index in [0.29, 0.717) is 19.4 Å². The maximum atomic E-state index is 12.5. The van der Waals surface area contributed by atoms with E-state index in [9.17, 15) is 19.8 Å². The van der Waals surface area contributed by atoms with E-state index in [0.717, 1.165) is 44.9 Å². The number of nitrogens with one attached hydrogen (secondary N) is 1. The van der Waals surface area contributed by atoms with Crippen molar-refractivity contribution in [2.45, 2.75) is 405 Å². The van der Waals surface area contributed by atoms with E-state index >= 15 is 0 Å². The summed E-state index contributed by atoms with van der Waals surface area (Å²) >= 11 is 0. The van der Waals surface area contributed by atoms with Crippen LogP contribution in [0.2, 0.25) is 0 Å². The number of hydrogen-bond acceptors (Lipinski definition) is 5. The molecule has 6 heteroatoms. The predicted molar refractivity (Wildman–Crippen MR) is 347 cm³/mol. The Labute approximate surface area is 494 Å². The molecule has 0 aromatic heterocycles. The molecule has 0 aliphatic rings. The number of esters is 1. The second-order valence-corrected chi connectivity index (χ2v) is 24.6. The lowest BCUT2D eigenvalue weighted by Gasteiger charge is -2.20. The summed E-state index contributed by atoms with van der Waals surface area (Å²) in [5, 5.41) is 23.2. The van der Waals surface area contributed by atoms with Crippen molar-refractivity contribution in [1.29, 1.82) is 0 Å². The van der Waals surface area contributed by atoms with Gasteiger partial charge in [0.05, 0.1) is 25.4 Å². The van der Waals surface area contributed by atoms with Crippen LogP contribution in [0, 0.1) is 0 Å². The fourth-order valence-electron chi connectivity index (χ4n) is 11.2. The monoisotopic (exact) mass is 1110 g/mol. The van der Waals surface area contributed by atoms with E-state index in [4.69, 9.17) is 4.74 Å². The summed E-state index contributed by atoms with van der Waals surface area (Å²) in [6.45, 7) is 4.93. The van der Waals surface area contributed by atoms with Crippen LogP contribution in [0.5, 0.6) is 0 Å². The first-order valence-corrected chi connectivity index (χ1v) is 35.8. The lowest BCUT2D eigenvalue weighted by Crippen LogP contribution is -2.45. The third kappa shape index (κ3) is 65.1. The minimum absolute atomic E-state index is 0.0122. The average molecular weight is 1110 g/mol. The molecule has 0 radical (unpaired) electrons. The zero-order valence-electron chi connectivity index (χ0n) is 53.4. The predicted octanol–water partition coefficient (Wildman–Crippen LogP) is 23.1. The van der Waals surface area contributed by atoms with Crippen LogP contribution in [0.1, 0.15) is 393 Å². The molecule has 0 aromatic rings. The Morgan fingerprint density at radius 2 is 0.595 bits per heavy atom. The molecular formula is C73H139NO5. The van der Waals surface area contributed by atoms with Crippen molar-refractivity contribution in [2.24, 2.45) is 0 Å². The van der Waals surface area contributed by atoms with E-state index in [-0.39, 0.29) is 18.5 Å². The van der Waals surface area contributed by atoms with Crippen LogP contribution >= 0.6 is 0 Å². The van der Waals surface area contributed by atoms with Crippen LogP contribution in [0.25, 0.3) is 0 Å². The second kappa shape index (κ2) is 68.6. The molecule has 2 atom stereocenters. The summed E-state index contributed by atoms with van der Waals surface area (Å²) < 4.78 is 5.51. The van der Waals surface area contributed by atoms with Gasteiger partial charge in [0.2, 0.25) is 5.91 Å². The normalized spacial score (nSPS) is 12.7. The zero-order chi connectivity index (χ0) is 57.1. The molecule has 1 amide bonds. The third-order valence-electron chi connectivity index (χ3n) is 16.6. The number of carbonyl (C=O) groups excluding carboxylic acids is 2. The van der Waals surface area contributed by atoms with Gasteiger partial charge in [-0.2, -0.15) is 0 Å². The molecule has 79 heavy (non-hydrogen) atoms. The molecule has 0 rings (SSSR count). The second-order valence-electron chi connectivity index (χ2n) is 24.6. The van der Waals surface area contributed by atoms with E-state index in [2.05, 4.69) is 43.5 Å². The van der Waals surface area contributed by atoms with Crippen molar-refractivity contribution in [3.8, 4) is 0 Å². The van der Waals surface area contributed by atoms with Gasteiger partial charge in [0.1, 0.15) is 0 Å². The number of amides is 1. The summed E-state index contributed by atoms with van der Waals surface area (Å²) in [4.78, 5) is 24.6. The number of ether oxygens (including phenoxy) is 1. The molecule has 0 fully saturated rings. The maximum Gasteiger partial charge on any atom is 0.305 e. The molecule has 0 saturated carbocycles. The highest BCUT2D eigenvalue weighted by Gasteiger charge is 2.18. The Morgan fingerprint density at radius 1 is 0.342 bits per heavy atom. The summed E-state index contributed by atoms with van der Waals surface area (Å²) in [6.07, 6.45) is 87.9. The molecule has 6 nitrogen and oxygen atoms in total. The van der Waals surface area contributed by atoms with Crippen molar-refractivity contribution in [2.75, 3.05) is 13.2 Å². The Bertz CT molecular complexity index is 1280. The van der Waals surface area contributed by atoms with Crippen LogP contribution in [-0.4, -0.2) is 47.4 Å². The standard InChI is InChI=1S/C73H139NO5/c1-3-5-7-9-11-13-15-17-19-21-29-33-37-41-45-49-53-57-61-65-71(76)70(69-75)74-72(77)66-62-58-54-50-46-42-38-34-31-27-25-23-24-26-28-32-36-40-44-48-52-56-60-64-68-79-73(78)67-63-59-55-51-47-43-39-35-30-22-20-18-16-14-12-10-8-6-4-2/h18,20,25,27,61,65,70-71,75-76H,3-17,19,21-24,26,28-60,62-64,66-69H2,1-2H3,(H,74,77)/b20-18-,27-25-,65-61+. The molecule has 466 valence electrons. The van der Waals surface area contributed by atoms with Crippen molar-refractivity contribution in [1.82, 2.24) is 5.32 Å². The van der Waals surface area contributed by atoms with Gasteiger partial charge in [0, 0.05) is 12.8 Å². The number of allylic oxidation sites excluding steroid dienone is 5. The van der Waals surface area contributed by atoms with E-state index in [1.54, 1.807) is 6.08 Å².